The summed E-state index contributed by atoms with van der Waals surface area (Å²) < 4.78 is 0. The average molecular weight is 200 g/mol. The Morgan fingerprint density at radius 1 is 0.643 bits per heavy atom. The molecule has 2 N–H and O–H groups in total. The van der Waals surface area contributed by atoms with E-state index in [0.29, 0.717) is 0 Å². The Labute approximate surface area is 87.6 Å². The van der Waals surface area contributed by atoms with E-state index in [1.807, 2.05) is 0 Å². The van der Waals surface area contributed by atoms with Gasteiger partial charge in [-0.15, -0.1) is 0 Å². The van der Waals surface area contributed by atoms with Crippen LogP contribution in [0.2, 0.25) is 0 Å². The predicted octanol–water partition coefficient (Wildman–Crippen LogP) is -0.957. The van der Waals surface area contributed by atoms with Crippen molar-refractivity contribution in [3.05, 3.63) is 0 Å². The van der Waals surface area contributed by atoms with Crippen LogP contribution >= 0.6 is 0 Å². The van der Waals surface area contributed by atoms with Gasteiger partial charge in [-0.25, -0.2) is 0 Å². The Morgan fingerprint density at radius 3 is 1.07 bits per heavy atom. The zero-order valence-corrected chi connectivity index (χ0v) is 9.55. The molecule has 0 unspecified atom stereocenters. The number of rotatable bonds is 0. The summed E-state index contributed by atoms with van der Waals surface area (Å²) in [5, 5.41) is 6.55. The minimum absolute atomic E-state index is 1.16. The number of nitrogens with one attached hydrogen (secondary N) is 2. The van der Waals surface area contributed by atoms with Crippen molar-refractivity contribution in [3.63, 3.8) is 0 Å². The molecule has 14 heavy (non-hydrogen) atoms. The molecule has 0 aromatic rings. The van der Waals surface area contributed by atoms with Crippen molar-refractivity contribution in [2.75, 3.05) is 66.5 Å². The van der Waals surface area contributed by atoms with E-state index in [2.05, 4.69) is 34.5 Å². The second kappa shape index (κ2) is 7.17. The monoisotopic (exact) mass is 200 g/mol. The van der Waals surface area contributed by atoms with Crippen LogP contribution < -0.4 is 10.6 Å². The van der Waals surface area contributed by atoms with E-state index in [9.17, 15) is 0 Å². The second-order valence-corrected chi connectivity index (χ2v) is 4.11. The third-order valence-electron chi connectivity index (χ3n) is 2.68. The normalized spacial score (nSPS) is 25.3. The molecule has 0 aromatic carbocycles. The standard InChI is InChI=1S/2C5H12N2/c2*1-7-4-2-6-3-5-7/h2*6H,2-5H2,1H3. The van der Waals surface area contributed by atoms with Crippen LogP contribution in [0.5, 0.6) is 0 Å². The predicted molar refractivity (Wildman–Crippen MR) is 60.7 cm³/mol. The summed E-state index contributed by atoms with van der Waals surface area (Å²) >= 11 is 0. The molecule has 0 bridgehead atoms. The molecule has 2 fully saturated rings. The number of piperazine rings is 2. The third kappa shape index (κ3) is 5.54. The number of hydrogen-bond donors (Lipinski definition) is 2. The number of hydrogen-bond acceptors (Lipinski definition) is 4. The van der Waals surface area contributed by atoms with Gasteiger partial charge in [0.2, 0.25) is 0 Å². The van der Waals surface area contributed by atoms with Crippen molar-refractivity contribution in [1.29, 1.82) is 0 Å². The van der Waals surface area contributed by atoms with Crippen molar-refractivity contribution < 1.29 is 0 Å². The topological polar surface area (TPSA) is 30.5 Å². The zero-order chi connectivity index (χ0) is 10.2. The van der Waals surface area contributed by atoms with Gasteiger partial charge in [-0.3, -0.25) is 0 Å². The maximum atomic E-state index is 3.27. The van der Waals surface area contributed by atoms with E-state index in [4.69, 9.17) is 0 Å². The van der Waals surface area contributed by atoms with Gasteiger partial charge in [-0.2, -0.15) is 0 Å². The lowest BCUT2D eigenvalue weighted by Crippen LogP contribution is -2.40. The van der Waals surface area contributed by atoms with Crippen LogP contribution in [0.15, 0.2) is 0 Å². The van der Waals surface area contributed by atoms with Gasteiger partial charge >= 0.3 is 0 Å². The van der Waals surface area contributed by atoms with Crippen LogP contribution in [0.3, 0.4) is 0 Å². The van der Waals surface area contributed by atoms with Crippen molar-refractivity contribution in [3.8, 4) is 0 Å². The molecule has 2 aliphatic heterocycles. The minimum Gasteiger partial charge on any atom is -0.314 e. The quantitative estimate of drug-likeness (QED) is 0.527. The Hall–Kier alpha value is -0.160. The fourth-order valence-electron chi connectivity index (χ4n) is 1.55. The van der Waals surface area contributed by atoms with Gasteiger partial charge in [0, 0.05) is 52.4 Å². The molecular weight excluding hydrogens is 176 g/mol. The van der Waals surface area contributed by atoms with Crippen LogP contribution in [-0.2, 0) is 0 Å². The van der Waals surface area contributed by atoms with Gasteiger partial charge in [0.25, 0.3) is 0 Å². The highest BCUT2D eigenvalue weighted by molar-refractivity contribution is 4.62. The van der Waals surface area contributed by atoms with Crippen molar-refractivity contribution in [2.24, 2.45) is 0 Å². The van der Waals surface area contributed by atoms with E-state index in [1.54, 1.807) is 0 Å². The summed E-state index contributed by atoms with van der Waals surface area (Å²) in [6.07, 6.45) is 0. The van der Waals surface area contributed by atoms with Crippen molar-refractivity contribution >= 4 is 0 Å². The molecule has 4 heteroatoms. The van der Waals surface area contributed by atoms with E-state index < -0.39 is 0 Å². The summed E-state index contributed by atoms with van der Waals surface area (Å²) in [5.41, 5.74) is 0. The lowest BCUT2D eigenvalue weighted by molar-refractivity contribution is 0.291. The first kappa shape index (κ1) is 11.9. The Morgan fingerprint density at radius 2 is 0.929 bits per heavy atom. The lowest BCUT2D eigenvalue weighted by Gasteiger charge is -2.21. The Kier molecular flexibility index (Phi) is 6.10. The average Bonchev–Trinajstić information content (AvgIpc) is 2.21. The molecule has 0 atom stereocenters. The van der Waals surface area contributed by atoms with Gasteiger partial charge < -0.3 is 20.4 Å². The van der Waals surface area contributed by atoms with Crippen LogP contribution in [0.25, 0.3) is 0 Å². The SMILES string of the molecule is CN1CCNCC1.CN1CCNCC1. The molecule has 84 valence electrons. The molecule has 0 spiro atoms. The summed E-state index contributed by atoms with van der Waals surface area (Å²) in [7, 11) is 4.31. The van der Waals surface area contributed by atoms with Gasteiger partial charge in [0.1, 0.15) is 0 Å². The van der Waals surface area contributed by atoms with Crippen molar-refractivity contribution in [2.45, 2.75) is 0 Å². The molecule has 0 radical (unpaired) electrons. The molecule has 2 heterocycles. The maximum Gasteiger partial charge on any atom is 0.0104 e. The highest BCUT2D eigenvalue weighted by Gasteiger charge is 2.01. The largest absolute Gasteiger partial charge is 0.314 e. The van der Waals surface area contributed by atoms with E-state index in [1.165, 1.54) is 26.2 Å². The number of likely N-dealkylation sites (N-methyl/N-ethyl adjacent to an activating group) is 2. The van der Waals surface area contributed by atoms with E-state index in [-0.39, 0.29) is 0 Å². The van der Waals surface area contributed by atoms with Crippen LogP contribution in [0.4, 0.5) is 0 Å². The molecule has 0 saturated carbocycles. The maximum absolute atomic E-state index is 3.27. The van der Waals surface area contributed by atoms with Gasteiger partial charge in [0.05, 0.1) is 0 Å². The molecule has 4 nitrogen and oxygen atoms in total. The van der Waals surface area contributed by atoms with E-state index in [0.717, 1.165) is 26.2 Å². The smallest absolute Gasteiger partial charge is 0.0104 e. The van der Waals surface area contributed by atoms with Gasteiger partial charge in [0.15, 0.2) is 0 Å². The summed E-state index contributed by atoms with van der Waals surface area (Å²) in [6, 6.07) is 0. The Balaban J connectivity index is 0.000000140. The molecule has 0 aromatic heterocycles. The second-order valence-electron chi connectivity index (χ2n) is 4.11. The highest BCUT2D eigenvalue weighted by Crippen LogP contribution is 1.83. The van der Waals surface area contributed by atoms with E-state index >= 15 is 0 Å². The molecule has 2 saturated heterocycles. The third-order valence-corrected chi connectivity index (χ3v) is 2.68. The molecule has 2 rings (SSSR count). The summed E-state index contributed by atoms with van der Waals surface area (Å²) in [4.78, 5) is 4.66. The van der Waals surface area contributed by atoms with Crippen LogP contribution in [0.1, 0.15) is 0 Å². The first-order valence-corrected chi connectivity index (χ1v) is 5.57. The highest BCUT2D eigenvalue weighted by atomic mass is 15.2. The number of nitrogens with zero attached hydrogens (tertiary/aromatic N) is 2. The minimum atomic E-state index is 1.16. The first-order chi connectivity index (χ1) is 6.79. The Bertz CT molecular complexity index is 112. The van der Waals surface area contributed by atoms with Gasteiger partial charge in [-0.1, -0.05) is 0 Å². The van der Waals surface area contributed by atoms with Gasteiger partial charge in [-0.05, 0) is 14.1 Å². The van der Waals surface area contributed by atoms with Crippen LogP contribution in [-0.4, -0.2) is 76.3 Å². The fourth-order valence-corrected chi connectivity index (χ4v) is 1.55. The van der Waals surface area contributed by atoms with Crippen LogP contribution in [0, 0.1) is 0 Å². The first-order valence-electron chi connectivity index (χ1n) is 5.57. The summed E-state index contributed by atoms with van der Waals surface area (Å²) in [5.74, 6) is 0. The fraction of sp³-hybridized carbons (Fsp3) is 1.00. The molecule has 2 aliphatic rings. The lowest BCUT2D eigenvalue weighted by atomic mass is 10.4. The molecular formula is C10H24N4. The molecule has 0 aliphatic carbocycles. The zero-order valence-electron chi connectivity index (χ0n) is 9.55. The van der Waals surface area contributed by atoms with Crippen molar-refractivity contribution in [1.82, 2.24) is 20.4 Å². The molecule has 0 amide bonds. The summed E-state index contributed by atoms with van der Waals surface area (Å²) in [6.45, 7) is 9.49.